The van der Waals surface area contributed by atoms with Gasteiger partial charge in [-0.05, 0) is 84.6 Å². The molecule has 0 bridgehead atoms. The number of fused-ring (bicyclic) bond motifs is 1. The second kappa shape index (κ2) is 46.3. The van der Waals surface area contributed by atoms with Crippen LogP contribution in [0.25, 0.3) is 11.1 Å². The van der Waals surface area contributed by atoms with Crippen LogP contribution in [0.2, 0.25) is 5.02 Å². The minimum Gasteiger partial charge on any atom is -0.379 e. The summed E-state index contributed by atoms with van der Waals surface area (Å²) in [6.45, 7) is 9.62. The molecule has 1 aliphatic rings. The van der Waals surface area contributed by atoms with E-state index in [0.29, 0.717) is 115 Å². The average molecular weight is 1660 g/mol. The van der Waals surface area contributed by atoms with E-state index in [1.54, 1.807) is 52.9 Å². The number of nitrogens with one attached hydrogen (secondary N) is 10. The number of carbonyl (C=O) groups excluding carboxylic acids is 10. The fourth-order valence-corrected chi connectivity index (χ4v) is 12.4. The van der Waals surface area contributed by atoms with Crippen molar-refractivity contribution in [1.29, 1.82) is 0 Å². The van der Waals surface area contributed by atoms with Crippen molar-refractivity contribution in [2.24, 2.45) is 41.0 Å². The number of aryl methyl sites for hydroxylation is 5. The van der Waals surface area contributed by atoms with Crippen LogP contribution >= 0.6 is 11.6 Å². The summed E-state index contributed by atoms with van der Waals surface area (Å²) in [4.78, 5) is 143. The molecule has 12 N–H and O–H groups in total. The Balaban J connectivity index is 0.520. The minimum atomic E-state index is -0.656. The number of nitrogens with two attached hydrogens (primary N) is 1. The van der Waals surface area contributed by atoms with E-state index < -0.39 is 41.4 Å². The summed E-state index contributed by atoms with van der Waals surface area (Å²) in [5.74, 6) is -3.61. The van der Waals surface area contributed by atoms with E-state index in [2.05, 4.69) is 81.1 Å². The highest BCUT2D eigenvalue weighted by atomic mass is 35.5. The number of amides is 10. The quantitative estimate of drug-likeness (QED) is 0.0195. The fourth-order valence-electron chi connectivity index (χ4n) is 12.3. The summed E-state index contributed by atoms with van der Waals surface area (Å²) < 4.78 is 51.9. The van der Waals surface area contributed by atoms with Gasteiger partial charge in [-0.3, -0.25) is 47.9 Å². The van der Waals surface area contributed by atoms with Crippen LogP contribution in [0.1, 0.15) is 106 Å². The molecule has 0 saturated heterocycles. The van der Waals surface area contributed by atoms with Crippen molar-refractivity contribution < 1.29 is 85.8 Å². The second-order valence-electron chi connectivity index (χ2n) is 27.3. The van der Waals surface area contributed by atoms with Crippen LogP contribution in [0.4, 0.5) is 51.7 Å². The van der Waals surface area contributed by atoms with E-state index in [4.69, 9.17) is 55.2 Å². The van der Waals surface area contributed by atoms with Gasteiger partial charge in [0, 0.05) is 153 Å². The van der Waals surface area contributed by atoms with E-state index >= 15 is 0 Å². The van der Waals surface area contributed by atoms with Gasteiger partial charge in [-0.2, -0.15) is 0 Å². The van der Waals surface area contributed by atoms with Crippen LogP contribution in [0.3, 0.4) is 0 Å². The molecule has 0 saturated carbocycles. The lowest BCUT2D eigenvalue weighted by atomic mass is 9.89. The van der Waals surface area contributed by atoms with Crippen molar-refractivity contribution in [2.45, 2.75) is 64.5 Å². The third kappa shape index (κ3) is 28.6. The van der Waals surface area contributed by atoms with Gasteiger partial charge in [-0.1, -0.05) is 29.8 Å². The zero-order chi connectivity index (χ0) is 84.5. The number of hydrogen-bond acceptors (Lipinski definition) is 23. The number of nitrogens with zero attached hydrogens (tertiary/aromatic N) is 9. The number of anilines is 9. The molecule has 8 aromatic rings. The van der Waals surface area contributed by atoms with Crippen molar-refractivity contribution in [3.05, 3.63) is 144 Å². The zero-order valence-corrected chi connectivity index (χ0v) is 67.8. The molecule has 0 unspecified atom stereocenters. The Bertz CT molecular complexity index is 4710. The Morgan fingerprint density at radius 3 is 1.36 bits per heavy atom. The normalized spacial score (nSPS) is 13.0. The maximum atomic E-state index is 13.3. The van der Waals surface area contributed by atoms with Gasteiger partial charge >= 0.3 is 0 Å². The van der Waals surface area contributed by atoms with Gasteiger partial charge in [0.15, 0.2) is 17.5 Å². The van der Waals surface area contributed by atoms with E-state index in [-0.39, 0.29) is 141 Å². The molecule has 634 valence electrons. The van der Waals surface area contributed by atoms with Crippen molar-refractivity contribution in [2.75, 3.05) is 173 Å². The monoisotopic (exact) mass is 1650 g/mol. The lowest BCUT2D eigenvalue weighted by Crippen LogP contribution is -2.43. The highest BCUT2D eigenvalue weighted by Gasteiger charge is 2.33. The van der Waals surface area contributed by atoms with Crippen molar-refractivity contribution in [3.8, 4) is 11.1 Å². The Morgan fingerprint density at radius 2 is 0.847 bits per heavy atom. The summed E-state index contributed by atoms with van der Waals surface area (Å²) in [5, 5.41) is 28.5. The Labute approximate surface area is 686 Å². The maximum absolute atomic E-state index is 13.3. The molecule has 0 fully saturated rings. The summed E-state index contributed by atoms with van der Waals surface area (Å²) in [6.07, 6.45) is 7.87. The second-order valence-corrected chi connectivity index (χ2v) is 27.7. The maximum Gasteiger partial charge on any atom is 0.291 e. The van der Waals surface area contributed by atoms with Crippen molar-refractivity contribution >= 4 is 122 Å². The smallest absolute Gasteiger partial charge is 0.291 e. The molecule has 38 nitrogen and oxygen atoms in total. The van der Waals surface area contributed by atoms with Crippen LogP contribution in [-0.2, 0) is 102 Å². The minimum absolute atomic E-state index is 0.00276. The van der Waals surface area contributed by atoms with Crippen molar-refractivity contribution in [3.63, 3.8) is 0 Å². The Morgan fingerprint density at radius 1 is 0.415 bits per heavy atom. The number of imidazole rings is 3. The van der Waals surface area contributed by atoms with Gasteiger partial charge in [0.25, 0.3) is 23.6 Å². The Kier molecular flexibility index (Phi) is 35.4. The molecule has 0 spiro atoms. The molecule has 39 heteroatoms. The van der Waals surface area contributed by atoms with Crippen LogP contribution < -0.4 is 63.8 Å². The first-order valence-corrected chi connectivity index (χ1v) is 38.8. The van der Waals surface area contributed by atoms with Crippen LogP contribution in [-0.4, -0.2) is 228 Å². The molecule has 10 amide bonds. The first-order valence-electron chi connectivity index (χ1n) is 38.4. The highest BCUT2D eigenvalue weighted by Crippen LogP contribution is 2.42. The molecule has 0 radical (unpaired) electrons. The molecule has 2 atom stereocenters. The SMILES string of the molecule is CC(=O)N1c2ccc(-c3ccc(NC(=O)CCOCCOCCOCCOCCOCCOCCOCCOCCNC(=O)c4nc(NC(=O)CCNC(=O)c5cc(NC(=O)c6nc(NC(=O)CCC(=O)Nc7cc(NC(=O)c8nc(NC(=O)CCN)cn8C)cn7C)cn6C)cn5C)cn4C)cc3)cc2[C@H](Nc2ccc(Cl)cc2)C[C@@H]1C. The number of rotatable bonds is 49. The van der Waals surface area contributed by atoms with Crippen LogP contribution in [0.15, 0.2) is 110 Å². The number of halogens is 1. The van der Waals surface area contributed by atoms with E-state index in [9.17, 15) is 47.9 Å². The van der Waals surface area contributed by atoms with Crippen LogP contribution in [0, 0.1) is 0 Å². The number of benzene rings is 3. The summed E-state index contributed by atoms with van der Waals surface area (Å²) in [7, 11) is 7.98. The summed E-state index contributed by atoms with van der Waals surface area (Å²) in [5.41, 5.74) is 11.7. The molecular formula is C79H103ClN20O18. The summed E-state index contributed by atoms with van der Waals surface area (Å²) >= 11 is 6.14. The molecule has 9 rings (SSSR count). The molecule has 1 aliphatic heterocycles. The standard InChI is InChI=1S/C79H103ClN20O18/c1-51-42-61(84-56-15-11-55(80)12-16-56)60-43-54(10-17-62(60)100(51)52(2)101)53-8-13-57(14-9-53)85-72(106)22-26-111-28-30-113-32-34-115-36-38-117-40-41-118-39-37-116-35-33-114-31-29-112-27-25-83-77(108)73-91-66(48-97(73)5)90-71(105)21-24-82-76(107)63-44-58(46-95(63)3)86-78(109)74-92-64(49-98(74)6)88-68(102)18-19-69(103)94-67-45-59(47-96(67)4)87-79(110)75-93-65(50-99(75)7)89-70(104)20-23-81/h8-17,43-51,61,84H,18-42,81H2,1-7H3,(H,82,107)(H,83,108)(H,85,106)(H,86,109)(H,87,110)(H,88,102)(H,89,104)(H,90,105)(H,94,103)/t51-,61+/m0/s1. The van der Waals surface area contributed by atoms with E-state index in [1.165, 1.54) is 55.2 Å². The predicted octanol–water partition coefficient (Wildman–Crippen LogP) is 5.98. The third-order valence-corrected chi connectivity index (χ3v) is 18.2. The molecule has 0 aliphatic carbocycles. The summed E-state index contributed by atoms with van der Waals surface area (Å²) in [6, 6.07) is 24.4. The van der Waals surface area contributed by atoms with Gasteiger partial charge in [0.05, 0.1) is 130 Å². The first-order chi connectivity index (χ1) is 56.9. The average Bonchev–Trinajstić information content (AvgIpc) is 1.12. The van der Waals surface area contributed by atoms with Gasteiger partial charge in [-0.25, -0.2) is 15.0 Å². The van der Waals surface area contributed by atoms with Gasteiger partial charge in [-0.15, -0.1) is 0 Å². The number of carbonyl (C=O) groups is 10. The molecule has 5 aromatic heterocycles. The Hall–Kier alpha value is -11.7. The third-order valence-electron chi connectivity index (χ3n) is 18.0. The number of aromatic nitrogens is 8. The van der Waals surface area contributed by atoms with Crippen LogP contribution in [0.5, 0.6) is 0 Å². The molecule has 118 heavy (non-hydrogen) atoms. The fraction of sp³-hybridized carbons (Fsp3) is 0.430. The van der Waals surface area contributed by atoms with Gasteiger partial charge in [0.1, 0.15) is 11.5 Å². The predicted molar refractivity (Wildman–Crippen MR) is 440 cm³/mol. The number of hydrogen-bond donors (Lipinski definition) is 11. The van der Waals surface area contributed by atoms with Gasteiger partial charge in [0.2, 0.25) is 52.9 Å². The lowest BCUT2D eigenvalue weighted by Gasteiger charge is -2.39. The van der Waals surface area contributed by atoms with E-state index in [0.717, 1.165) is 34.5 Å². The highest BCUT2D eigenvalue weighted by molar-refractivity contribution is 6.30. The topological polar surface area (TPSA) is 457 Å². The first kappa shape index (κ1) is 90.2. The van der Waals surface area contributed by atoms with Gasteiger partial charge < -0.3 is 125 Å². The lowest BCUT2D eigenvalue weighted by molar-refractivity contribution is -0.121. The van der Waals surface area contributed by atoms with Crippen molar-refractivity contribution in [1.82, 2.24) is 48.4 Å². The molecule has 6 heterocycles. The molecular weight excluding hydrogens is 1550 g/mol. The molecule has 3 aromatic carbocycles. The largest absolute Gasteiger partial charge is 0.379 e. The zero-order valence-electron chi connectivity index (χ0n) is 67.1. The number of ether oxygens (including phenoxy) is 8. The van der Waals surface area contributed by atoms with E-state index in [1.807, 2.05) is 65.6 Å².